The Hall–Kier alpha value is -2.54. The molecule has 0 aromatic heterocycles. The van der Waals surface area contributed by atoms with E-state index in [1.165, 1.54) is 12.1 Å². The molecule has 0 saturated carbocycles. The van der Waals surface area contributed by atoms with Crippen LogP contribution in [0.25, 0.3) is 0 Å². The molecular formula is C13H7ClF2N2O3. The van der Waals surface area contributed by atoms with Gasteiger partial charge in [-0.15, -0.1) is 0 Å². The largest absolute Gasteiger partial charge is 0.320 e. The highest BCUT2D eigenvalue weighted by molar-refractivity contribution is 6.34. The Labute approximate surface area is 122 Å². The van der Waals surface area contributed by atoms with Crippen molar-refractivity contribution in [1.29, 1.82) is 0 Å². The maximum absolute atomic E-state index is 13.0. The topological polar surface area (TPSA) is 72.2 Å². The average molecular weight is 313 g/mol. The third-order valence-electron chi connectivity index (χ3n) is 2.53. The molecule has 8 heteroatoms. The minimum Gasteiger partial charge on any atom is -0.320 e. The predicted molar refractivity (Wildman–Crippen MR) is 72.4 cm³/mol. The molecule has 0 aliphatic rings. The minimum absolute atomic E-state index is 0.0273. The summed E-state index contributed by atoms with van der Waals surface area (Å²) < 4.78 is 26.1. The highest BCUT2D eigenvalue weighted by atomic mass is 35.5. The van der Waals surface area contributed by atoms with Crippen LogP contribution in [-0.2, 0) is 0 Å². The molecule has 0 spiro atoms. The van der Waals surface area contributed by atoms with E-state index in [1.807, 2.05) is 0 Å². The number of nitrogens with one attached hydrogen (secondary N) is 1. The van der Waals surface area contributed by atoms with Crippen LogP contribution < -0.4 is 5.32 Å². The third-order valence-corrected chi connectivity index (χ3v) is 2.86. The standard InChI is InChI=1S/C13H7ClF2N2O3/c14-11-2-1-10(18(20)21)6-12(11)17-13(19)7-3-8(15)5-9(16)4-7/h1-6H,(H,17,19). The molecule has 0 saturated heterocycles. The summed E-state index contributed by atoms with van der Waals surface area (Å²) in [5, 5.41) is 13.0. The van der Waals surface area contributed by atoms with E-state index in [9.17, 15) is 23.7 Å². The molecule has 0 aliphatic carbocycles. The van der Waals surface area contributed by atoms with Gasteiger partial charge in [-0.25, -0.2) is 8.78 Å². The number of non-ortho nitro benzene ring substituents is 1. The van der Waals surface area contributed by atoms with Gasteiger partial charge in [0.2, 0.25) is 0 Å². The quantitative estimate of drug-likeness (QED) is 0.692. The molecule has 0 bridgehead atoms. The second-order valence-electron chi connectivity index (χ2n) is 4.03. The van der Waals surface area contributed by atoms with Crippen LogP contribution in [0, 0.1) is 21.7 Å². The number of halogens is 3. The fourth-order valence-electron chi connectivity index (χ4n) is 1.60. The van der Waals surface area contributed by atoms with Gasteiger partial charge in [0, 0.05) is 23.8 Å². The van der Waals surface area contributed by atoms with Crippen molar-refractivity contribution < 1.29 is 18.5 Å². The van der Waals surface area contributed by atoms with Crippen molar-refractivity contribution >= 4 is 28.9 Å². The lowest BCUT2D eigenvalue weighted by molar-refractivity contribution is -0.384. The Balaban J connectivity index is 2.31. The molecule has 108 valence electrons. The number of nitro benzene ring substituents is 1. The van der Waals surface area contributed by atoms with Crippen molar-refractivity contribution in [2.75, 3.05) is 5.32 Å². The second kappa shape index (κ2) is 5.84. The van der Waals surface area contributed by atoms with Gasteiger partial charge in [-0.3, -0.25) is 14.9 Å². The van der Waals surface area contributed by atoms with Gasteiger partial charge < -0.3 is 5.32 Å². The predicted octanol–water partition coefficient (Wildman–Crippen LogP) is 3.78. The van der Waals surface area contributed by atoms with E-state index < -0.39 is 22.5 Å². The molecule has 0 heterocycles. The van der Waals surface area contributed by atoms with Gasteiger partial charge in [-0.2, -0.15) is 0 Å². The van der Waals surface area contributed by atoms with Crippen LogP contribution in [-0.4, -0.2) is 10.8 Å². The summed E-state index contributed by atoms with van der Waals surface area (Å²) in [6.45, 7) is 0. The lowest BCUT2D eigenvalue weighted by Crippen LogP contribution is -2.13. The number of benzene rings is 2. The lowest BCUT2D eigenvalue weighted by atomic mass is 10.2. The first kappa shape index (κ1) is 14.9. The number of rotatable bonds is 3. The van der Waals surface area contributed by atoms with Gasteiger partial charge in [0.05, 0.1) is 15.6 Å². The Morgan fingerprint density at radius 3 is 2.33 bits per heavy atom. The molecule has 2 rings (SSSR count). The SMILES string of the molecule is O=C(Nc1cc([N+](=O)[O-])ccc1Cl)c1cc(F)cc(F)c1. The number of carbonyl (C=O) groups is 1. The molecule has 5 nitrogen and oxygen atoms in total. The minimum atomic E-state index is -0.912. The Bertz CT molecular complexity index is 717. The van der Waals surface area contributed by atoms with E-state index in [2.05, 4.69) is 5.32 Å². The van der Waals surface area contributed by atoms with Gasteiger partial charge in [0.1, 0.15) is 11.6 Å². The number of hydrogen-bond acceptors (Lipinski definition) is 3. The van der Waals surface area contributed by atoms with Gasteiger partial charge in [0.15, 0.2) is 0 Å². The number of amides is 1. The smallest absolute Gasteiger partial charge is 0.271 e. The van der Waals surface area contributed by atoms with Crippen LogP contribution in [0.4, 0.5) is 20.2 Å². The summed E-state index contributed by atoms with van der Waals surface area (Å²) >= 11 is 5.81. The van der Waals surface area contributed by atoms with Crippen molar-refractivity contribution in [3.63, 3.8) is 0 Å². The molecular weight excluding hydrogens is 306 g/mol. The zero-order valence-electron chi connectivity index (χ0n) is 10.3. The first-order chi connectivity index (χ1) is 9.86. The first-order valence-corrected chi connectivity index (χ1v) is 5.96. The number of anilines is 1. The third kappa shape index (κ3) is 3.51. The fourth-order valence-corrected chi connectivity index (χ4v) is 1.77. The molecule has 2 aromatic rings. The molecule has 1 N–H and O–H groups in total. The Kier molecular flexibility index (Phi) is 4.13. The van der Waals surface area contributed by atoms with Crippen molar-refractivity contribution in [3.05, 3.63) is 68.7 Å². The number of nitrogens with zero attached hydrogens (tertiary/aromatic N) is 1. The molecule has 1 amide bonds. The monoisotopic (exact) mass is 312 g/mol. The average Bonchev–Trinajstić information content (AvgIpc) is 2.39. The maximum Gasteiger partial charge on any atom is 0.271 e. The molecule has 0 radical (unpaired) electrons. The van der Waals surface area contributed by atoms with E-state index in [0.29, 0.717) is 6.07 Å². The van der Waals surface area contributed by atoms with Crippen LogP contribution in [0.5, 0.6) is 0 Å². The second-order valence-corrected chi connectivity index (χ2v) is 4.44. The molecule has 0 aliphatic heterocycles. The highest BCUT2D eigenvalue weighted by Crippen LogP contribution is 2.27. The number of hydrogen-bond donors (Lipinski definition) is 1. The van der Waals surface area contributed by atoms with E-state index in [4.69, 9.17) is 11.6 Å². The zero-order chi connectivity index (χ0) is 15.6. The van der Waals surface area contributed by atoms with E-state index >= 15 is 0 Å². The summed E-state index contributed by atoms with van der Waals surface area (Å²) in [4.78, 5) is 21.9. The van der Waals surface area contributed by atoms with Crippen LogP contribution >= 0.6 is 11.6 Å². The summed E-state index contributed by atoms with van der Waals surface area (Å²) in [7, 11) is 0. The fraction of sp³-hybridized carbons (Fsp3) is 0. The highest BCUT2D eigenvalue weighted by Gasteiger charge is 2.14. The Morgan fingerprint density at radius 1 is 1.14 bits per heavy atom. The van der Waals surface area contributed by atoms with E-state index in [1.54, 1.807) is 0 Å². The van der Waals surface area contributed by atoms with Crippen molar-refractivity contribution in [3.8, 4) is 0 Å². The molecule has 0 unspecified atom stereocenters. The van der Waals surface area contributed by atoms with Crippen molar-refractivity contribution in [2.45, 2.75) is 0 Å². The van der Waals surface area contributed by atoms with Gasteiger partial charge in [0.25, 0.3) is 11.6 Å². The van der Waals surface area contributed by atoms with Crippen molar-refractivity contribution in [1.82, 2.24) is 0 Å². The van der Waals surface area contributed by atoms with E-state index in [0.717, 1.165) is 18.2 Å². The molecule has 21 heavy (non-hydrogen) atoms. The summed E-state index contributed by atoms with van der Waals surface area (Å²) in [5.41, 5.74) is -0.573. The number of carbonyl (C=O) groups excluding carboxylic acids is 1. The maximum atomic E-state index is 13.0. The van der Waals surface area contributed by atoms with Gasteiger partial charge >= 0.3 is 0 Å². The summed E-state index contributed by atoms with van der Waals surface area (Å²) in [6, 6.07) is 5.75. The van der Waals surface area contributed by atoms with Gasteiger partial charge in [-0.1, -0.05) is 11.6 Å². The summed E-state index contributed by atoms with van der Waals surface area (Å²) in [5.74, 6) is -2.66. The van der Waals surface area contributed by atoms with Crippen molar-refractivity contribution in [2.24, 2.45) is 0 Å². The first-order valence-electron chi connectivity index (χ1n) is 5.58. The van der Waals surface area contributed by atoms with Crippen LogP contribution in [0.3, 0.4) is 0 Å². The van der Waals surface area contributed by atoms with Crippen LogP contribution in [0.1, 0.15) is 10.4 Å². The van der Waals surface area contributed by atoms with Gasteiger partial charge in [-0.05, 0) is 18.2 Å². The van der Waals surface area contributed by atoms with E-state index in [-0.39, 0.29) is 22.0 Å². The van der Waals surface area contributed by atoms with Crippen LogP contribution in [0.15, 0.2) is 36.4 Å². The number of nitro groups is 1. The zero-order valence-corrected chi connectivity index (χ0v) is 11.0. The normalized spacial score (nSPS) is 10.2. The molecule has 0 atom stereocenters. The van der Waals surface area contributed by atoms with Crippen LogP contribution in [0.2, 0.25) is 5.02 Å². The molecule has 2 aromatic carbocycles. The lowest BCUT2D eigenvalue weighted by Gasteiger charge is -2.07. The molecule has 0 fully saturated rings. The Morgan fingerprint density at radius 2 is 1.76 bits per heavy atom. The summed E-state index contributed by atoms with van der Waals surface area (Å²) in [6.07, 6.45) is 0.